The van der Waals surface area contributed by atoms with Crippen LogP contribution in [-0.2, 0) is 16.1 Å². The molecular formula is C21H20N4O4. The Kier molecular flexibility index (Phi) is 4.75. The molecule has 8 heteroatoms. The molecule has 148 valence electrons. The number of rotatable bonds is 4. The number of carbonyl (C=O) groups excluding carboxylic acids is 2. The maximum Gasteiger partial charge on any atom is 0.284 e. The van der Waals surface area contributed by atoms with E-state index in [1.54, 1.807) is 28.8 Å². The predicted octanol–water partition coefficient (Wildman–Crippen LogP) is 3.71. The first-order valence-corrected chi connectivity index (χ1v) is 9.28. The number of ether oxygens (including phenoxy) is 1. The monoisotopic (exact) mass is 392 g/mol. The first-order valence-electron chi connectivity index (χ1n) is 9.28. The molecule has 0 unspecified atom stereocenters. The second kappa shape index (κ2) is 7.38. The number of hydrogen-bond donors (Lipinski definition) is 1. The van der Waals surface area contributed by atoms with Crippen molar-refractivity contribution in [2.24, 2.45) is 10.2 Å². The largest absolute Gasteiger partial charge is 0.493 e. The van der Waals surface area contributed by atoms with E-state index in [2.05, 4.69) is 10.2 Å². The Balaban J connectivity index is 1.62. The summed E-state index contributed by atoms with van der Waals surface area (Å²) in [6.45, 7) is 4.01. The van der Waals surface area contributed by atoms with Crippen molar-refractivity contribution in [1.82, 2.24) is 4.57 Å². The van der Waals surface area contributed by atoms with Gasteiger partial charge in [-0.1, -0.05) is 23.8 Å². The normalized spacial score (nSPS) is 13.7. The lowest BCUT2D eigenvalue weighted by atomic mass is 10.1. The Hall–Kier alpha value is -3.68. The standard InChI is InChI=1S/C21H20N4O4/c1-3-24-15-9-8-13(2)10-14(15)20(21(24)28)23-22-18(26)11-25-16-6-4-5-7-17(16)29-12-19(25)27/h4-10,28H,3,11-12H2,1-2H3. The van der Waals surface area contributed by atoms with E-state index in [9.17, 15) is 14.7 Å². The van der Waals surface area contributed by atoms with Crippen molar-refractivity contribution in [2.45, 2.75) is 20.4 Å². The summed E-state index contributed by atoms with van der Waals surface area (Å²) in [6.07, 6.45) is 0. The fourth-order valence-corrected chi connectivity index (χ4v) is 3.46. The highest BCUT2D eigenvalue weighted by atomic mass is 16.5. The van der Waals surface area contributed by atoms with Gasteiger partial charge in [-0.15, -0.1) is 10.2 Å². The maximum atomic E-state index is 12.4. The third kappa shape index (κ3) is 3.33. The van der Waals surface area contributed by atoms with E-state index >= 15 is 0 Å². The van der Waals surface area contributed by atoms with Crippen molar-refractivity contribution in [1.29, 1.82) is 0 Å². The van der Waals surface area contributed by atoms with Crippen molar-refractivity contribution < 1.29 is 19.4 Å². The van der Waals surface area contributed by atoms with Crippen LogP contribution in [0.15, 0.2) is 52.7 Å². The molecule has 4 rings (SSSR count). The lowest BCUT2D eigenvalue weighted by Gasteiger charge is -2.27. The molecular weight excluding hydrogens is 372 g/mol. The average molecular weight is 392 g/mol. The van der Waals surface area contributed by atoms with Crippen LogP contribution in [0.5, 0.6) is 11.6 Å². The van der Waals surface area contributed by atoms with Gasteiger partial charge in [-0.05, 0) is 38.1 Å². The molecule has 0 saturated carbocycles. The third-order valence-electron chi connectivity index (χ3n) is 4.84. The van der Waals surface area contributed by atoms with E-state index in [4.69, 9.17) is 4.74 Å². The van der Waals surface area contributed by atoms with E-state index in [1.165, 1.54) is 4.90 Å². The number of hydrogen-bond acceptors (Lipinski definition) is 5. The van der Waals surface area contributed by atoms with Gasteiger partial charge in [0.25, 0.3) is 11.8 Å². The molecule has 8 nitrogen and oxygen atoms in total. The van der Waals surface area contributed by atoms with Gasteiger partial charge in [0, 0.05) is 11.9 Å². The Morgan fingerprint density at radius 3 is 2.83 bits per heavy atom. The molecule has 0 bridgehead atoms. The molecule has 2 heterocycles. The predicted molar refractivity (Wildman–Crippen MR) is 108 cm³/mol. The fraction of sp³-hybridized carbons (Fsp3) is 0.238. The van der Waals surface area contributed by atoms with Gasteiger partial charge in [0.05, 0.1) is 11.2 Å². The first-order chi connectivity index (χ1) is 14.0. The van der Waals surface area contributed by atoms with E-state index in [0.29, 0.717) is 23.4 Å². The van der Waals surface area contributed by atoms with Gasteiger partial charge in [0.1, 0.15) is 12.3 Å². The molecule has 29 heavy (non-hydrogen) atoms. The van der Waals surface area contributed by atoms with Crippen LogP contribution >= 0.6 is 0 Å². The lowest BCUT2D eigenvalue weighted by molar-refractivity contribution is -0.124. The zero-order valence-corrected chi connectivity index (χ0v) is 16.1. The summed E-state index contributed by atoms with van der Waals surface area (Å²) in [6, 6.07) is 12.7. The summed E-state index contributed by atoms with van der Waals surface area (Å²) < 4.78 is 7.08. The fourth-order valence-electron chi connectivity index (χ4n) is 3.46. The summed E-state index contributed by atoms with van der Waals surface area (Å²) in [5.74, 6) is -0.429. The van der Waals surface area contributed by atoms with Gasteiger partial charge in [-0.25, -0.2) is 0 Å². The number of anilines is 1. The molecule has 0 atom stereocenters. The van der Waals surface area contributed by atoms with Crippen molar-refractivity contribution in [2.75, 3.05) is 18.1 Å². The molecule has 0 spiro atoms. The molecule has 1 N–H and O–H groups in total. The van der Waals surface area contributed by atoms with E-state index in [0.717, 1.165) is 11.1 Å². The molecule has 3 aromatic rings. The van der Waals surface area contributed by atoms with Crippen LogP contribution in [0.4, 0.5) is 11.4 Å². The number of nitrogens with zero attached hydrogens (tertiary/aromatic N) is 4. The van der Waals surface area contributed by atoms with E-state index in [-0.39, 0.29) is 30.6 Å². The summed E-state index contributed by atoms with van der Waals surface area (Å²) in [5.41, 5.74) is 2.58. The number of aromatic nitrogens is 1. The topological polar surface area (TPSA) is 96.5 Å². The number of azo groups is 1. The van der Waals surface area contributed by atoms with Gasteiger partial charge in [0.15, 0.2) is 12.3 Å². The summed E-state index contributed by atoms with van der Waals surface area (Å²) in [5, 5.41) is 19.0. The van der Waals surface area contributed by atoms with Crippen molar-refractivity contribution in [3.05, 3.63) is 48.0 Å². The van der Waals surface area contributed by atoms with Crippen LogP contribution in [-0.4, -0.2) is 34.6 Å². The molecule has 0 saturated heterocycles. The van der Waals surface area contributed by atoms with Gasteiger partial charge in [-0.3, -0.25) is 14.5 Å². The zero-order chi connectivity index (χ0) is 20.5. The average Bonchev–Trinajstić information content (AvgIpc) is 2.98. The quantitative estimate of drug-likeness (QED) is 0.685. The Morgan fingerprint density at radius 1 is 1.24 bits per heavy atom. The van der Waals surface area contributed by atoms with Crippen molar-refractivity contribution in [3.8, 4) is 11.6 Å². The van der Waals surface area contributed by atoms with Crippen molar-refractivity contribution >= 4 is 34.1 Å². The molecule has 1 aliphatic heterocycles. The van der Waals surface area contributed by atoms with Crippen LogP contribution in [0, 0.1) is 6.92 Å². The van der Waals surface area contributed by atoms with Crippen LogP contribution < -0.4 is 9.64 Å². The van der Waals surface area contributed by atoms with Crippen LogP contribution in [0.25, 0.3) is 10.9 Å². The van der Waals surface area contributed by atoms with Crippen molar-refractivity contribution in [3.63, 3.8) is 0 Å². The van der Waals surface area contributed by atoms with Crippen LogP contribution in [0.3, 0.4) is 0 Å². The maximum absolute atomic E-state index is 12.4. The minimum absolute atomic E-state index is 0.0440. The van der Waals surface area contributed by atoms with E-state index in [1.807, 2.05) is 32.0 Å². The first kappa shape index (κ1) is 18.7. The number of aromatic hydroxyl groups is 1. The van der Waals surface area contributed by atoms with Gasteiger partial charge in [-0.2, -0.15) is 0 Å². The molecule has 0 radical (unpaired) electrons. The van der Waals surface area contributed by atoms with Crippen LogP contribution in [0.2, 0.25) is 0 Å². The summed E-state index contributed by atoms with van der Waals surface area (Å²) in [4.78, 5) is 26.0. The number of amides is 2. The zero-order valence-electron chi connectivity index (χ0n) is 16.1. The SMILES string of the molecule is CCn1c(O)c(N=NC(=O)CN2C(=O)COc3ccccc32)c2cc(C)ccc21. The number of fused-ring (bicyclic) bond motifs is 2. The number of aryl methyl sites for hydroxylation is 2. The Morgan fingerprint density at radius 2 is 2.03 bits per heavy atom. The Labute approximate surface area is 167 Å². The lowest BCUT2D eigenvalue weighted by Crippen LogP contribution is -2.41. The molecule has 0 fully saturated rings. The van der Waals surface area contributed by atoms with Gasteiger partial charge < -0.3 is 14.4 Å². The molecule has 1 aromatic heterocycles. The van der Waals surface area contributed by atoms with Gasteiger partial charge in [0.2, 0.25) is 5.88 Å². The second-order valence-corrected chi connectivity index (χ2v) is 6.77. The van der Waals surface area contributed by atoms with E-state index < -0.39 is 5.91 Å². The number of carbonyl (C=O) groups is 2. The summed E-state index contributed by atoms with van der Waals surface area (Å²) >= 11 is 0. The van der Waals surface area contributed by atoms with Gasteiger partial charge >= 0.3 is 0 Å². The smallest absolute Gasteiger partial charge is 0.284 e. The molecule has 0 aliphatic carbocycles. The highest BCUT2D eigenvalue weighted by Crippen LogP contribution is 2.39. The highest BCUT2D eigenvalue weighted by Gasteiger charge is 2.27. The molecule has 1 aliphatic rings. The van der Waals surface area contributed by atoms with Crippen LogP contribution in [0.1, 0.15) is 12.5 Å². The second-order valence-electron chi connectivity index (χ2n) is 6.77. The third-order valence-corrected chi connectivity index (χ3v) is 4.84. The molecule has 2 aromatic carbocycles. The number of benzene rings is 2. The minimum atomic E-state index is -0.598. The number of para-hydroxylation sites is 2. The summed E-state index contributed by atoms with van der Waals surface area (Å²) in [7, 11) is 0. The highest BCUT2D eigenvalue weighted by molar-refractivity contribution is 6.02. The minimum Gasteiger partial charge on any atom is -0.493 e. The molecule has 2 amide bonds. The Bertz CT molecular complexity index is 1150.